The summed E-state index contributed by atoms with van der Waals surface area (Å²) in [5.41, 5.74) is 1.49. The Morgan fingerprint density at radius 3 is 2.93 bits per heavy atom. The minimum Gasteiger partial charge on any atom is -0.478 e. The maximum atomic E-state index is 10.3. The summed E-state index contributed by atoms with van der Waals surface area (Å²) in [6, 6.07) is 0. The molecule has 6 nitrogen and oxygen atoms in total. The number of hydrogen-bond acceptors (Lipinski definition) is 4. The van der Waals surface area contributed by atoms with Gasteiger partial charge in [-0.1, -0.05) is 0 Å². The number of imidazole rings is 1. The Morgan fingerprint density at radius 1 is 1.47 bits per heavy atom. The monoisotopic (exact) mass is 206 g/mol. The zero-order chi connectivity index (χ0) is 10.8. The molecule has 15 heavy (non-hydrogen) atoms. The molecule has 0 unspecified atom stereocenters. The number of fused-ring (bicyclic) bond motifs is 1. The minimum absolute atomic E-state index is 0.384. The van der Waals surface area contributed by atoms with Crippen LogP contribution in [0.15, 0.2) is 12.4 Å². The van der Waals surface area contributed by atoms with E-state index in [0.717, 1.165) is 5.69 Å². The van der Waals surface area contributed by atoms with Crippen molar-refractivity contribution in [3.8, 4) is 5.88 Å². The molecule has 0 aromatic carbocycles. The summed E-state index contributed by atoms with van der Waals surface area (Å²) >= 11 is 0. The van der Waals surface area contributed by atoms with Gasteiger partial charge in [-0.2, -0.15) is 4.98 Å². The van der Waals surface area contributed by atoms with E-state index in [2.05, 4.69) is 15.3 Å². The summed E-state index contributed by atoms with van der Waals surface area (Å²) < 4.78 is 6.83. The highest BCUT2D eigenvalue weighted by molar-refractivity contribution is 5.69. The third-order valence-corrected chi connectivity index (χ3v) is 1.93. The standard InChI is InChI=1S/C9H10N4O2/c1-6-3-13-4-7(10-5-14)12-9(15-2)8(13)11-6/h3-5H,1-2H3,(H,10,14). The molecule has 2 aromatic rings. The quantitative estimate of drug-likeness (QED) is 0.747. The van der Waals surface area contributed by atoms with Gasteiger partial charge in [0.05, 0.1) is 19.0 Å². The highest BCUT2D eigenvalue weighted by Gasteiger charge is 2.08. The summed E-state index contributed by atoms with van der Waals surface area (Å²) in [5, 5.41) is 2.46. The number of methoxy groups -OCH3 is 1. The predicted molar refractivity (Wildman–Crippen MR) is 54.0 cm³/mol. The highest BCUT2D eigenvalue weighted by atomic mass is 16.5. The number of anilines is 1. The van der Waals surface area contributed by atoms with Gasteiger partial charge in [-0.05, 0) is 6.92 Å². The molecule has 0 radical (unpaired) electrons. The van der Waals surface area contributed by atoms with Gasteiger partial charge in [0, 0.05) is 6.20 Å². The lowest BCUT2D eigenvalue weighted by molar-refractivity contribution is -0.105. The van der Waals surface area contributed by atoms with Crippen molar-refractivity contribution in [1.82, 2.24) is 14.4 Å². The number of amides is 1. The number of aryl methyl sites for hydroxylation is 1. The molecule has 0 saturated heterocycles. The van der Waals surface area contributed by atoms with Crippen LogP contribution in [0, 0.1) is 6.92 Å². The van der Waals surface area contributed by atoms with E-state index in [9.17, 15) is 4.79 Å². The van der Waals surface area contributed by atoms with E-state index in [1.807, 2.05) is 13.1 Å². The van der Waals surface area contributed by atoms with Gasteiger partial charge in [0.25, 0.3) is 5.88 Å². The number of nitrogens with zero attached hydrogens (tertiary/aromatic N) is 3. The van der Waals surface area contributed by atoms with Crippen LogP contribution in [0.4, 0.5) is 5.82 Å². The van der Waals surface area contributed by atoms with E-state index in [4.69, 9.17) is 4.74 Å². The first-order valence-corrected chi connectivity index (χ1v) is 4.35. The Morgan fingerprint density at radius 2 is 2.27 bits per heavy atom. The lowest BCUT2D eigenvalue weighted by Gasteiger charge is -2.04. The van der Waals surface area contributed by atoms with Crippen LogP contribution in [-0.2, 0) is 4.79 Å². The second-order valence-corrected chi connectivity index (χ2v) is 3.01. The van der Waals surface area contributed by atoms with Crippen LogP contribution in [0.25, 0.3) is 5.65 Å². The molecule has 0 aliphatic rings. The maximum Gasteiger partial charge on any atom is 0.260 e. The van der Waals surface area contributed by atoms with E-state index in [1.54, 1.807) is 10.6 Å². The molecule has 0 aliphatic heterocycles. The Labute approximate surface area is 85.9 Å². The fourth-order valence-electron chi connectivity index (χ4n) is 1.36. The summed E-state index contributed by atoms with van der Waals surface area (Å²) in [4.78, 5) is 18.6. The van der Waals surface area contributed by atoms with Crippen LogP contribution in [0.5, 0.6) is 5.88 Å². The first kappa shape index (κ1) is 9.45. The summed E-state index contributed by atoms with van der Waals surface area (Å²) in [5.74, 6) is 0.807. The molecule has 0 atom stereocenters. The van der Waals surface area contributed by atoms with Crippen LogP contribution in [-0.4, -0.2) is 27.9 Å². The molecule has 0 aliphatic carbocycles. The molecule has 1 N–H and O–H groups in total. The first-order valence-electron chi connectivity index (χ1n) is 4.35. The zero-order valence-corrected chi connectivity index (χ0v) is 8.39. The Bertz CT molecular complexity index is 506. The minimum atomic E-state index is 0.384. The number of nitrogens with one attached hydrogen (secondary N) is 1. The van der Waals surface area contributed by atoms with Crippen molar-refractivity contribution in [2.75, 3.05) is 12.4 Å². The fourth-order valence-corrected chi connectivity index (χ4v) is 1.36. The van der Waals surface area contributed by atoms with E-state index < -0.39 is 0 Å². The molecular formula is C9H10N4O2. The molecule has 0 saturated carbocycles. The van der Waals surface area contributed by atoms with Crippen molar-refractivity contribution >= 4 is 17.9 Å². The van der Waals surface area contributed by atoms with E-state index >= 15 is 0 Å². The molecular weight excluding hydrogens is 196 g/mol. The summed E-state index contributed by atoms with van der Waals surface area (Å²) in [6.07, 6.45) is 4.07. The van der Waals surface area contributed by atoms with Crippen LogP contribution < -0.4 is 10.1 Å². The Kier molecular flexibility index (Phi) is 2.24. The Balaban J connectivity index is 2.64. The maximum absolute atomic E-state index is 10.3. The van der Waals surface area contributed by atoms with Crippen molar-refractivity contribution in [2.45, 2.75) is 6.92 Å². The number of hydrogen-bond donors (Lipinski definition) is 1. The molecule has 2 rings (SSSR count). The SMILES string of the molecule is COc1nc(NC=O)cn2cc(C)nc12. The van der Waals surface area contributed by atoms with Crippen molar-refractivity contribution in [3.63, 3.8) is 0 Å². The van der Waals surface area contributed by atoms with Gasteiger partial charge in [0.15, 0.2) is 5.82 Å². The summed E-state index contributed by atoms with van der Waals surface area (Å²) in [6.45, 7) is 1.87. The average molecular weight is 206 g/mol. The molecule has 2 aromatic heterocycles. The second-order valence-electron chi connectivity index (χ2n) is 3.01. The van der Waals surface area contributed by atoms with Gasteiger partial charge in [-0.25, -0.2) is 4.98 Å². The molecule has 0 bridgehead atoms. The van der Waals surface area contributed by atoms with Gasteiger partial charge in [-0.3, -0.25) is 9.20 Å². The van der Waals surface area contributed by atoms with Crippen molar-refractivity contribution in [1.29, 1.82) is 0 Å². The zero-order valence-electron chi connectivity index (χ0n) is 8.39. The van der Waals surface area contributed by atoms with Crippen LogP contribution in [0.3, 0.4) is 0 Å². The lowest BCUT2D eigenvalue weighted by Crippen LogP contribution is -2.01. The molecule has 78 valence electrons. The molecule has 2 heterocycles. The lowest BCUT2D eigenvalue weighted by atomic mass is 10.6. The average Bonchev–Trinajstić information content (AvgIpc) is 2.57. The van der Waals surface area contributed by atoms with Gasteiger partial charge < -0.3 is 10.1 Å². The predicted octanol–water partition coefficient (Wildman–Crippen LogP) is 0.615. The second kappa shape index (κ2) is 3.56. The molecule has 0 fully saturated rings. The van der Waals surface area contributed by atoms with Crippen LogP contribution in [0.1, 0.15) is 5.69 Å². The van der Waals surface area contributed by atoms with E-state index in [0.29, 0.717) is 23.8 Å². The molecule has 6 heteroatoms. The van der Waals surface area contributed by atoms with Gasteiger partial charge >= 0.3 is 0 Å². The topological polar surface area (TPSA) is 68.5 Å². The van der Waals surface area contributed by atoms with Crippen molar-refractivity contribution in [3.05, 3.63) is 18.1 Å². The Hall–Kier alpha value is -2.11. The number of rotatable bonds is 3. The molecule has 1 amide bonds. The summed E-state index contributed by atoms with van der Waals surface area (Å²) in [7, 11) is 1.51. The number of carbonyl (C=O) groups excluding carboxylic acids is 1. The third kappa shape index (κ3) is 1.61. The fraction of sp³-hybridized carbons (Fsp3) is 0.222. The van der Waals surface area contributed by atoms with Crippen LogP contribution in [0.2, 0.25) is 0 Å². The number of ether oxygens (including phenoxy) is 1. The van der Waals surface area contributed by atoms with Crippen molar-refractivity contribution < 1.29 is 9.53 Å². The van der Waals surface area contributed by atoms with Gasteiger partial charge in [-0.15, -0.1) is 0 Å². The van der Waals surface area contributed by atoms with Crippen molar-refractivity contribution in [2.24, 2.45) is 0 Å². The largest absolute Gasteiger partial charge is 0.478 e. The number of carbonyl (C=O) groups is 1. The van der Waals surface area contributed by atoms with E-state index in [-0.39, 0.29) is 0 Å². The highest BCUT2D eigenvalue weighted by Crippen LogP contribution is 2.18. The third-order valence-electron chi connectivity index (χ3n) is 1.93. The van der Waals surface area contributed by atoms with E-state index in [1.165, 1.54) is 7.11 Å². The van der Waals surface area contributed by atoms with Gasteiger partial charge in [0.2, 0.25) is 12.1 Å². The normalized spacial score (nSPS) is 10.3. The van der Waals surface area contributed by atoms with Gasteiger partial charge in [0.1, 0.15) is 0 Å². The number of aromatic nitrogens is 3. The first-order chi connectivity index (χ1) is 7.24. The smallest absolute Gasteiger partial charge is 0.260 e. The van der Waals surface area contributed by atoms with Crippen LogP contribution >= 0.6 is 0 Å². The molecule has 0 spiro atoms.